The van der Waals surface area contributed by atoms with E-state index in [2.05, 4.69) is 10.2 Å². The van der Waals surface area contributed by atoms with Crippen LogP contribution in [0.25, 0.3) is 0 Å². The van der Waals surface area contributed by atoms with Crippen molar-refractivity contribution >= 4 is 11.9 Å². The molecule has 0 heterocycles. The molecular weight excluding hydrogens is 240 g/mol. The molecule has 0 aromatic heterocycles. The molecule has 0 rings (SSSR count). The second-order valence-electron chi connectivity index (χ2n) is 3.33. The van der Waals surface area contributed by atoms with Crippen LogP contribution in [0.1, 0.15) is 25.7 Å². The zero-order chi connectivity index (χ0) is 14.0. The highest BCUT2D eigenvalue weighted by Gasteiger charge is 2.20. The largest absolute Gasteiger partial charge is 0.480 e. The first-order valence-corrected chi connectivity index (χ1v) is 5.12. The van der Waals surface area contributed by atoms with Crippen LogP contribution in [-0.2, 0) is 9.59 Å². The lowest BCUT2D eigenvalue weighted by atomic mass is 10.2. The highest BCUT2D eigenvalue weighted by molar-refractivity contribution is 5.74. The molecule has 0 aliphatic heterocycles. The molecule has 0 radical (unpaired) electrons. The van der Waals surface area contributed by atoms with Gasteiger partial charge in [0.2, 0.25) is 0 Å². The highest BCUT2D eigenvalue weighted by atomic mass is 16.4. The predicted octanol–water partition coefficient (Wildman–Crippen LogP) is 0.953. The molecule has 0 saturated heterocycles. The van der Waals surface area contributed by atoms with E-state index in [1.165, 1.54) is 0 Å². The average molecular weight is 252 g/mol. The second-order valence-corrected chi connectivity index (χ2v) is 3.33. The molecule has 2 N–H and O–H groups in total. The molecule has 0 aromatic carbocycles. The van der Waals surface area contributed by atoms with Crippen LogP contribution in [0.5, 0.6) is 0 Å². The van der Waals surface area contributed by atoms with Crippen LogP contribution >= 0.6 is 0 Å². The maximum Gasteiger partial charge on any atom is 0.330 e. The Labute approximate surface area is 103 Å². The van der Waals surface area contributed by atoms with Crippen LogP contribution in [0.2, 0.25) is 0 Å². The number of aliphatic carboxylic acids is 2. The molecule has 8 heteroatoms. The number of rotatable bonds is 8. The minimum absolute atomic E-state index is 0.00802. The van der Waals surface area contributed by atoms with E-state index in [4.69, 9.17) is 20.7 Å². The first kappa shape index (κ1) is 15.5. The highest BCUT2D eigenvalue weighted by Crippen LogP contribution is 2.08. The zero-order valence-electron chi connectivity index (χ0n) is 9.48. The van der Waals surface area contributed by atoms with Crippen molar-refractivity contribution in [1.82, 2.24) is 0 Å². The van der Waals surface area contributed by atoms with E-state index in [0.29, 0.717) is 0 Å². The molecule has 96 valence electrons. The van der Waals surface area contributed by atoms with Crippen LogP contribution in [-0.4, -0.2) is 34.2 Å². The van der Waals surface area contributed by atoms with E-state index in [-0.39, 0.29) is 25.7 Å². The summed E-state index contributed by atoms with van der Waals surface area (Å²) in [5.74, 6) is -2.53. The monoisotopic (exact) mass is 252 g/mol. The van der Waals surface area contributed by atoms with Gasteiger partial charge < -0.3 is 10.2 Å². The third kappa shape index (κ3) is 6.18. The SMILES string of the molecule is N#CCCC(N=NC(CCC#N)C(=O)O)C(=O)O. The van der Waals surface area contributed by atoms with Crippen molar-refractivity contribution < 1.29 is 19.8 Å². The number of carboxylic acids is 2. The van der Waals surface area contributed by atoms with Gasteiger partial charge in [0, 0.05) is 12.8 Å². The van der Waals surface area contributed by atoms with E-state index in [0.717, 1.165) is 0 Å². The lowest BCUT2D eigenvalue weighted by Gasteiger charge is -2.06. The minimum atomic E-state index is -1.27. The number of nitrogens with zero attached hydrogens (tertiary/aromatic N) is 4. The Kier molecular flexibility index (Phi) is 7.46. The number of carbonyl (C=O) groups is 2. The van der Waals surface area contributed by atoms with Gasteiger partial charge in [-0.05, 0) is 12.8 Å². The molecule has 2 unspecified atom stereocenters. The first-order chi connectivity index (χ1) is 8.52. The van der Waals surface area contributed by atoms with E-state index >= 15 is 0 Å². The molecule has 0 bridgehead atoms. The van der Waals surface area contributed by atoms with E-state index < -0.39 is 24.0 Å². The molecule has 0 fully saturated rings. The van der Waals surface area contributed by atoms with E-state index in [1.807, 2.05) is 0 Å². The Bertz CT molecular complexity index is 369. The van der Waals surface area contributed by atoms with Crippen LogP contribution in [0.4, 0.5) is 0 Å². The Hall–Kier alpha value is -2.48. The summed E-state index contributed by atoms with van der Waals surface area (Å²) < 4.78 is 0. The number of nitriles is 2. The average Bonchev–Trinajstić information content (AvgIpc) is 2.31. The number of azo groups is 1. The quantitative estimate of drug-likeness (QED) is 0.614. The van der Waals surface area contributed by atoms with Crippen molar-refractivity contribution in [2.45, 2.75) is 37.8 Å². The third-order valence-corrected chi connectivity index (χ3v) is 1.97. The molecule has 0 aliphatic carbocycles. The van der Waals surface area contributed by atoms with Gasteiger partial charge >= 0.3 is 11.9 Å². The fourth-order valence-corrected chi connectivity index (χ4v) is 1.02. The molecule has 18 heavy (non-hydrogen) atoms. The number of hydrogen-bond donors (Lipinski definition) is 2. The number of carboxylic acid groups (broad SMARTS) is 2. The predicted molar refractivity (Wildman–Crippen MR) is 57.4 cm³/mol. The molecule has 8 nitrogen and oxygen atoms in total. The molecule has 0 amide bonds. The summed E-state index contributed by atoms with van der Waals surface area (Å²) in [5, 5.41) is 41.0. The Morgan fingerprint density at radius 3 is 1.50 bits per heavy atom. The standard InChI is InChI=1S/C10H12N4O4/c11-5-1-3-7(9(15)16)13-14-8(10(17)18)4-2-6-12/h7-8H,1-4H2,(H,15,16)(H,17,18). The second kappa shape index (κ2) is 8.65. The number of hydrogen-bond acceptors (Lipinski definition) is 6. The van der Waals surface area contributed by atoms with Gasteiger partial charge in [-0.1, -0.05) is 0 Å². The van der Waals surface area contributed by atoms with Gasteiger partial charge in [0.25, 0.3) is 0 Å². The van der Waals surface area contributed by atoms with Gasteiger partial charge in [-0.25, -0.2) is 9.59 Å². The molecule has 0 aliphatic rings. The lowest BCUT2D eigenvalue weighted by molar-refractivity contribution is -0.140. The molecular formula is C10H12N4O4. The van der Waals surface area contributed by atoms with Crippen molar-refractivity contribution in [3.63, 3.8) is 0 Å². The van der Waals surface area contributed by atoms with E-state index in [1.54, 1.807) is 12.1 Å². The van der Waals surface area contributed by atoms with Crippen molar-refractivity contribution in [2.75, 3.05) is 0 Å². The van der Waals surface area contributed by atoms with Crippen molar-refractivity contribution in [1.29, 1.82) is 10.5 Å². The van der Waals surface area contributed by atoms with Crippen molar-refractivity contribution in [2.24, 2.45) is 10.2 Å². The molecule has 0 spiro atoms. The first-order valence-electron chi connectivity index (χ1n) is 5.12. The Morgan fingerprint density at radius 2 is 1.28 bits per heavy atom. The molecule has 0 saturated carbocycles. The van der Waals surface area contributed by atoms with Gasteiger partial charge in [0.15, 0.2) is 12.1 Å². The maximum atomic E-state index is 10.7. The fourth-order valence-electron chi connectivity index (χ4n) is 1.02. The van der Waals surface area contributed by atoms with Gasteiger partial charge in [0.05, 0.1) is 12.1 Å². The summed E-state index contributed by atoms with van der Waals surface area (Å²) in [4.78, 5) is 21.5. The molecule has 2 atom stereocenters. The third-order valence-electron chi connectivity index (χ3n) is 1.97. The summed E-state index contributed by atoms with van der Waals surface area (Å²) >= 11 is 0. The van der Waals surface area contributed by atoms with Gasteiger partial charge in [-0.3, -0.25) is 0 Å². The van der Waals surface area contributed by atoms with Crippen LogP contribution in [0.3, 0.4) is 0 Å². The smallest absolute Gasteiger partial charge is 0.330 e. The summed E-state index contributed by atoms with van der Waals surface area (Å²) in [7, 11) is 0. The lowest BCUT2D eigenvalue weighted by Crippen LogP contribution is -2.21. The molecule has 0 aromatic rings. The minimum Gasteiger partial charge on any atom is -0.480 e. The Morgan fingerprint density at radius 1 is 0.944 bits per heavy atom. The van der Waals surface area contributed by atoms with Crippen molar-refractivity contribution in [3.8, 4) is 12.1 Å². The summed E-state index contributed by atoms with van der Waals surface area (Å²) in [6, 6.07) is 1.09. The van der Waals surface area contributed by atoms with E-state index in [9.17, 15) is 9.59 Å². The zero-order valence-corrected chi connectivity index (χ0v) is 9.48. The van der Waals surface area contributed by atoms with Crippen molar-refractivity contribution in [3.05, 3.63) is 0 Å². The summed E-state index contributed by atoms with van der Waals surface area (Å²) in [6.07, 6.45) is -0.0717. The topological polar surface area (TPSA) is 147 Å². The van der Waals surface area contributed by atoms with Crippen LogP contribution in [0.15, 0.2) is 10.2 Å². The van der Waals surface area contributed by atoms with Gasteiger partial charge in [0.1, 0.15) is 0 Å². The van der Waals surface area contributed by atoms with Crippen LogP contribution in [0, 0.1) is 22.7 Å². The summed E-state index contributed by atoms with van der Waals surface area (Å²) in [6.45, 7) is 0. The normalized spacial score (nSPS) is 13.4. The fraction of sp³-hybridized carbons (Fsp3) is 0.600. The Balaban J connectivity index is 4.60. The summed E-state index contributed by atoms with van der Waals surface area (Å²) in [5.41, 5.74) is 0. The van der Waals surface area contributed by atoms with Gasteiger partial charge in [-0.2, -0.15) is 20.8 Å². The van der Waals surface area contributed by atoms with Crippen LogP contribution < -0.4 is 0 Å². The van der Waals surface area contributed by atoms with Gasteiger partial charge in [-0.15, -0.1) is 0 Å². The maximum absolute atomic E-state index is 10.7.